The molecule has 19 heavy (non-hydrogen) atoms. The van der Waals surface area contributed by atoms with Gasteiger partial charge in [0.25, 0.3) is 0 Å². The van der Waals surface area contributed by atoms with E-state index in [9.17, 15) is 9.59 Å². The van der Waals surface area contributed by atoms with Crippen LogP contribution >= 0.6 is 0 Å². The third-order valence-electron chi connectivity index (χ3n) is 4.61. The van der Waals surface area contributed by atoms with Gasteiger partial charge >= 0.3 is 0 Å². The summed E-state index contributed by atoms with van der Waals surface area (Å²) in [6.45, 7) is 1.53. The Kier molecular flexibility index (Phi) is 4.80. The van der Waals surface area contributed by atoms with Crippen LogP contribution < -0.4 is 11.5 Å². The average Bonchev–Trinajstić information content (AvgIpc) is 2.75. The first-order valence-electron chi connectivity index (χ1n) is 7.38. The Morgan fingerprint density at radius 2 is 1.74 bits per heavy atom. The maximum atomic E-state index is 12.2. The lowest BCUT2D eigenvalue weighted by Gasteiger charge is -2.32. The molecule has 1 aliphatic heterocycles. The van der Waals surface area contributed by atoms with Crippen molar-refractivity contribution in [3.05, 3.63) is 0 Å². The molecule has 1 heterocycles. The quantitative estimate of drug-likeness (QED) is 0.782. The molecule has 4 N–H and O–H groups in total. The van der Waals surface area contributed by atoms with Crippen molar-refractivity contribution in [3.63, 3.8) is 0 Å². The van der Waals surface area contributed by atoms with Gasteiger partial charge in [-0.15, -0.1) is 0 Å². The molecule has 2 fully saturated rings. The van der Waals surface area contributed by atoms with Gasteiger partial charge < -0.3 is 16.4 Å². The molecule has 5 nitrogen and oxygen atoms in total. The summed E-state index contributed by atoms with van der Waals surface area (Å²) in [6.07, 6.45) is 6.14. The molecule has 1 saturated heterocycles. The van der Waals surface area contributed by atoms with Crippen LogP contribution in [0.4, 0.5) is 0 Å². The fraction of sp³-hybridized carbons (Fsp3) is 0.857. The Balaban J connectivity index is 1.74. The lowest BCUT2D eigenvalue weighted by molar-refractivity contribution is -0.133. The summed E-state index contributed by atoms with van der Waals surface area (Å²) in [6, 6.07) is 0.205. The maximum absolute atomic E-state index is 12.2. The van der Waals surface area contributed by atoms with Gasteiger partial charge in [0, 0.05) is 32.0 Å². The molecule has 0 aromatic heterocycles. The molecule has 0 unspecified atom stereocenters. The molecule has 1 aliphatic carbocycles. The van der Waals surface area contributed by atoms with Crippen LogP contribution in [0.15, 0.2) is 0 Å². The van der Waals surface area contributed by atoms with Crippen LogP contribution in [0.5, 0.6) is 0 Å². The smallest absolute Gasteiger partial charge is 0.222 e. The van der Waals surface area contributed by atoms with E-state index in [1.165, 1.54) is 0 Å². The number of carbonyl (C=O) groups excluding carboxylic acids is 2. The highest BCUT2D eigenvalue weighted by Crippen LogP contribution is 2.28. The van der Waals surface area contributed by atoms with Gasteiger partial charge in [0.2, 0.25) is 11.8 Å². The number of primary amides is 1. The molecule has 2 amide bonds. The van der Waals surface area contributed by atoms with Gasteiger partial charge in [-0.25, -0.2) is 0 Å². The zero-order valence-corrected chi connectivity index (χ0v) is 11.5. The highest BCUT2D eigenvalue weighted by molar-refractivity contribution is 5.77. The number of likely N-dealkylation sites (tertiary alicyclic amines) is 1. The van der Waals surface area contributed by atoms with E-state index in [2.05, 4.69) is 0 Å². The van der Waals surface area contributed by atoms with Gasteiger partial charge in [-0.05, 0) is 37.5 Å². The molecule has 0 aromatic rings. The van der Waals surface area contributed by atoms with Crippen molar-refractivity contribution in [1.82, 2.24) is 4.90 Å². The summed E-state index contributed by atoms with van der Waals surface area (Å²) in [7, 11) is 0. The average molecular weight is 267 g/mol. The summed E-state index contributed by atoms with van der Waals surface area (Å²) in [5.41, 5.74) is 11.2. The summed E-state index contributed by atoms with van der Waals surface area (Å²) in [5, 5.41) is 0. The van der Waals surface area contributed by atoms with Crippen LogP contribution in [0.25, 0.3) is 0 Å². The highest BCUT2D eigenvalue weighted by atomic mass is 16.2. The Morgan fingerprint density at radius 1 is 1.05 bits per heavy atom. The van der Waals surface area contributed by atoms with E-state index < -0.39 is 0 Å². The van der Waals surface area contributed by atoms with E-state index in [1.54, 1.807) is 0 Å². The van der Waals surface area contributed by atoms with Crippen LogP contribution in [-0.4, -0.2) is 35.8 Å². The Hall–Kier alpha value is -1.10. The van der Waals surface area contributed by atoms with E-state index in [0.717, 1.165) is 45.2 Å². The molecule has 0 aromatic carbocycles. The molecule has 5 heteroatoms. The van der Waals surface area contributed by atoms with Gasteiger partial charge in [-0.3, -0.25) is 9.59 Å². The van der Waals surface area contributed by atoms with Crippen molar-refractivity contribution >= 4 is 11.8 Å². The minimum absolute atomic E-state index is 0.205. The van der Waals surface area contributed by atoms with Crippen molar-refractivity contribution in [2.75, 3.05) is 13.1 Å². The van der Waals surface area contributed by atoms with Crippen molar-refractivity contribution in [2.24, 2.45) is 23.3 Å². The third kappa shape index (κ3) is 3.93. The monoisotopic (exact) mass is 267 g/mol. The van der Waals surface area contributed by atoms with Gasteiger partial charge in [-0.2, -0.15) is 0 Å². The number of piperidine rings is 1. The predicted molar refractivity (Wildman–Crippen MR) is 73.0 cm³/mol. The SMILES string of the molecule is NC(=O)CC1CCN(C(=O)C[C@@H]2CCC[C@H]2N)CC1. The van der Waals surface area contributed by atoms with Gasteiger partial charge in [0.15, 0.2) is 0 Å². The van der Waals surface area contributed by atoms with Crippen LogP contribution in [0.2, 0.25) is 0 Å². The first-order valence-corrected chi connectivity index (χ1v) is 7.38. The molecule has 0 spiro atoms. The van der Waals surface area contributed by atoms with Gasteiger partial charge in [-0.1, -0.05) is 6.42 Å². The number of nitrogens with two attached hydrogens (primary N) is 2. The summed E-state index contributed by atoms with van der Waals surface area (Å²) < 4.78 is 0. The molecule has 1 saturated carbocycles. The molecule has 108 valence electrons. The number of rotatable bonds is 4. The molecular formula is C14H25N3O2. The molecule has 0 bridgehead atoms. The first-order chi connectivity index (χ1) is 9.06. The van der Waals surface area contributed by atoms with E-state index >= 15 is 0 Å². The van der Waals surface area contributed by atoms with E-state index in [-0.39, 0.29) is 17.9 Å². The Morgan fingerprint density at radius 3 is 2.26 bits per heavy atom. The van der Waals surface area contributed by atoms with Crippen molar-refractivity contribution in [3.8, 4) is 0 Å². The summed E-state index contributed by atoms with van der Waals surface area (Å²) in [5.74, 6) is 0.729. The second-order valence-corrected chi connectivity index (χ2v) is 6.05. The first kappa shape index (κ1) is 14.3. The highest BCUT2D eigenvalue weighted by Gasteiger charge is 2.29. The van der Waals surface area contributed by atoms with E-state index in [1.807, 2.05) is 4.90 Å². The second kappa shape index (κ2) is 6.37. The molecule has 0 radical (unpaired) electrons. The molecule has 2 aliphatic rings. The number of amides is 2. The standard InChI is InChI=1S/C14H25N3O2/c15-12-3-1-2-11(12)9-14(19)17-6-4-10(5-7-17)8-13(16)18/h10-12H,1-9,15H2,(H2,16,18)/t11-,12+/m0/s1. The van der Waals surface area contributed by atoms with Crippen molar-refractivity contribution in [2.45, 2.75) is 51.0 Å². The van der Waals surface area contributed by atoms with Crippen LogP contribution in [0.1, 0.15) is 44.9 Å². The lowest BCUT2D eigenvalue weighted by Crippen LogP contribution is -2.41. The fourth-order valence-electron chi connectivity index (χ4n) is 3.34. The normalized spacial score (nSPS) is 28.6. The lowest BCUT2D eigenvalue weighted by atomic mass is 9.92. The maximum Gasteiger partial charge on any atom is 0.222 e. The van der Waals surface area contributed by atoms with Crippen LogP contribution in [0, 0.1) is 11.8 Å². The second-order valence-electron chi connectivity index (χ2n) is 6.05. The van der Waals surface area contributed by atoms with Crippen LogP contribution in [0.3, 0.4) is 0 Å². The zero-order chi connectivity index (χ0) is 13.8. The van der Waals surface area contributed by atoms with E-state index in [0.29, 0.717) is 24.7 Å². The fourth-order valence-corrected chi connectivity index (χ4v) is 3.34. The number of hydrogen-bond acceptors (Lipinski definition) is 3. The number of nitrogens with zero attached hydrogens (tertiary/aromatic N) is 1. The minimum Gasteiger partial charge on any atom is -0.370 e. The zero-order valence-electron chi connectivity index (χ0n) is 11.5. The number of carbonyl (C=O) groups is 2. The van der Waals surface area contributed by atoms with Gasteiger partial charge in [0.05, 0.1) is 0 Å². The van der Waals surface area contributed by atoms with Gasteiger partial charge in [0.1, 0.15) is 0 Å². The minimum atomic E-state index is -0.235. The number of hydrogen-bond donors (Lipinski definition) is 2. The molecular weight excluding hydrogens is 242 g/mol. The summed E-state index contributed by atoms with van der Waals surface area (Å²) in [4.78, 5) is 25.0. The van der Waals surface area contributed by atoms with Crippen LogP contribution in [-0.2, 0) is 9.59 Å². The summed E-state index contributed by atoms with van der Waals surface area (Å²) >= 11 is 0. The third-order valence-corrected chi connectivity index (χ3v) is 4.61. The topological polar surface area (TPSA) is 89.4 Å². The Bertz CT molecular complexity index is 338. The van der Waals surface area contributed by atoms with Crippen molar-refractivity contribution < 1.29 is 9.59 Å². The van der Waals surface area contributed by atoms with E-state index in [4.69, 9.17) is 11.5 Å². The Labute approximate surface area is 114 Å². The largest absolute Gasteiger partial charge is 0.370 e. The van der Waals surface area contributed by atoms with Crippen molar-refractivity contribution in [1.29, 1.82) is 0 Å². The molecule has 2 rings (SSSR count). The molecule has 2 atom stereocenters. The predicted octanol–water partition coefficient (Wildman–Crippen LogP) is 0.618.